The van der Waals surface area contributed by atoms with Gasteiger partial charge in [-0.2, -0.15) is 0 Å². The summed E-state index contributed by atoms with van der Waals surface area (Å²) in [6.07, 6.45) is 1.62. The zero-order valence-corrected chi connectivity index (χ0v) is 17.9. The molecule has 4 aromatic rings. The molecule has 0 bridgehead atoms. The van der Waals surface area contributed by atoms with Crippen LogP contribution >= 0.6 is 11.8 Å². The van der Waals surface area contributed by atoms with Crippen LogP contribution in [-0.4, -0.2) is 20.7 Å². The highest BCUT2D eigenvalue weighted by atomic mass is 32.2. The number of amides is 1. The maximum atomic E-state index is 13.2. The Hall–Kier alpha value is -3.39. The van der Waals surface area contributed by atoms with Crippen LogP contribution in [-0.2, 0) is 11.3 Å². The van der Waals surface area contributed by atoms with Crippen LogP contribution < -0.4 is 5.32 Å². The van der Waals surface area contributed by atoms with E-state index >= 15 is 0 Å². The van der Waals surface area contributed by atoms with Crippen molar-refractivity contribution in [2.45, 2.75) is 30.8 Å². The zero-order chi connectivity index (χ0) is 21.8. The Bertz CT molecular complexity index is 1170. The normalized spacial score (nSPS) is 12.0. The number of thioether (sulfide) groups is 1. The van der Waals surface area contributed by atoms with Gasteiger partial charge in [0.2, 0.25) is 5.91 Å². The number of nitrogens with zero attached hydrogens (tertiary/aromatic N) is 3. The summed E-state index contributed by atoms with van der Waals surface area (Å²) >= 11 is 1.32. The fourth-order valence-electron chi connectivity index (χ4n) is 3.22. The molecule has 6 nitrogen and oxygen atoms in total. The summed E-state index contributed by atoms with van der Waals surface area (Å²) in [6.45, 7) is 4.51. The summed E-state index contributed by atoms with van der Waals surface area (Å²) < 4.78 is 20.6. The zero-order valence-electron chi connectivity index (χ0n) is 17.1. The van der Waals surface area contributed by atoms with Gasteiger partial charge in [-0.1, -0.05) is 42.1 Å². The van der Waals surface area contributed by atoms with Crippen LogP contribution in [0, 0.1) is 12.7 Å². The molecule has 0 radical (unpaired) electrons. The van der Waals surface area contributed by atoms with E-state index in [0.29, 0.717) is 23.2 Å². The molecule has 0 spiro atoms. The SMILES string of the molecule is CCn1c(SC(C(=O)Nc2ccc(F)cc2)c2ccccc2)nnc1-c1ccoc1C. The second-order valence-electron chi connectivity index (χ2n) is 6.85. The number of aromatic nitrogens is 3. The van der Waals surface area contributed by atoms with E-state index in [1.807, 2.05) is 54.8 Å². The first-order valence-corrected chi connectivity index (χ1v) is 10.7. The molecule has 0 aliphatic heterocycles. The van der Waals surface area contributed by atoms with E-state index in [9.17, 15) is 9.18 Å². The third-order valence-corrected chi connectivity index (χ3v) is 6.04. The van der Waals surface area contributed by atoms with Crippen molar-refractivity contribution in [3.63, 3.8) is 0 Å². The number of furan rings is 1. The fraction of sp³-hybridized carbons (Fsp3) is 0.174. The maximum Gasteiger partial charge on any atom is 0.242 e. The first-order valence-electron chi connectivity index (χ1n) is 9.82. The molecule has 2 aromatic heterocycles. The van der Waals surface area contributed by atoms with E-state index in [1.165, 1.54) is 36.0 Å². The molecule has 0 aliphatic rings. The van der Waals surface area contributed by atoms with Gasteiger partial charge in [0.1, 0.15) is 16.8 Å². The standard InChI is InChI=1S/C23H21FN4O2S/c1-3-28-21(19-13-14-30-15(19)2)26-27-23(28)31-20(16-7-5-4-6-8-16)22(29)25-18-11-9-17(24)10-12-18/h4-14,20H,3H2,1-2H3,(H,25,29). The van der Waals surface area contributed by atoms with Gasteiger partial charge in [0.25, 0.3) is 0 Å². The highest BCUT2D eigenvalue weighted by Gasteiger charge is 2.26. The Labute approximate surface area is 183 Å². The molecule has 1 atom stereocenters. The molecular formula is C23H21FN4O2S. The van der Waals surface area contributed by atoms with Gasteiger partial charge in [-0.3, -0.25) is 4.79 Å². The van der Waals surface area contributed by atoms with Gasteiger partial charge in [-0.25, -0.2) is 4.39 Å². The van der Waals surface area contributed by atoms with Crippen molar-refractivity contribution in [2.24, 2.45) is 0 Å². The van der Waals surface area contributed by atoms with Gasteiger partial charge in [-0.05, 0) is 49.7 Å². The first kappa shape index (κ1) is 20.9. The number of halogens is 1. The number of benzene rings is 2. The third-order valence-electron chi connectivity index (χ3n) is 4.81. The monoisotopic (exact) mass is 436 g/mol. The van der Waals surface area contributed by atoms with E-state index in [0.717, 1.165) is 16.9 Å². The van der Waals surface area contributed by atoms with Crippen LogP contribution in [0.1, 0.15) is 23.5 Å². The lowest BCUT2D eigenvalue weighted by Gasteiger charge is -2.17. The predicted octanol–water partition coefficient (Wildman–Crippen LogP) is 5.48. The van der Waals surface area contributed by atoms with Crippen molar-refractivity contribution in [2.75, 3.05) is 5.32 Å². The molecule has 1 amide bonds. The van der Waals surface area contributed by atoms with Crippen molar-refractivity contribution in [1.82, 2.24) is 14.8 Å². The molecule has 4 rings (SSSR count). The number of nitrogens with one attached hydrogen (secondary N) is 1. The highest BCUT2D eigenvalue weighted by Crippen LogP contribution is 2.37. The molecule has 158 valence electrons. The molecule has 2 aromatic carbocycles. The third kappa shape index (κ3) is 4.54. The largest absolute Gasteiger partial charge is 0.469 e. The topological polar surface area (TPSA) is 73.0 Å². The van der Waals surface area contributed by atoms with Crippen LogP contribution in [0.25, 0.3) is 11.4 Å². The number of aryl methyl sites for hydroxylation is 1. The minimum atomic E-state index is -0.570. The van der Waals surface area contributed by atoms with Gasteiger partial charge in [0.05, 0.1) is 11.8 Å². The van der Waals surface area contributed by atoms with E-state index in [2.05, 4.69) is 15.5 Å². The maximum absolute atomic E-state index is 13.2. The number of hydrogen-bond acceptors (Lipinski definition) is 5. The minimum Gasteiger partial charge on any atom is -0.469 e. The Morgan fingerprint density at radius 3 is 2.52 bits per heavy atom. The molecule has 0 saturated carbocycles. The number of anilines is 1. The van der Waals surface area contributed by atoms with Crippen molar-refractivity contribution in [1.29, 1.82) is 0 Å². The summed E-state index contributed by atoms with van der Waals surface area (Å²) in [5.74, 6) is 0.869. The lowest BCUT2D eigenvalue weighted by atomic mass is 10.1. The summed E-state index contributed by atoms with van der Waals surface area (Å²) in [5.41, 5.74) is 2.23. The van der Waals surface area contributed by atoms with Crippen molar-refractivity contribution in [3.8, 4) is 11.4 Å². The Morgan fingerprint density at radius 2 is 1.87 bits per heavy atom. The molecule has 0 saturated heterocycles. The Kier molecular flexibility index (Phi) is 6.18. The quantitative estimate of drug-likeness (QED) is 0.389. The minimum absolute atomic E-state index is 0.227. The van der Waals surface area contributed by atoms with Crippen molar-refractivity contribution >= 4 is 23.4 Å². The van der Waals surface area contributed by atoms with Crippen LogP contribution in [0.4, 0.5) is 10.1 Å². The van der Waals surface area contributed by atoms with Crippen LogP contribution in [0.5, 0.6) is 0 Å². The number of rotatable bonds is 7. The molecule has 0 aliphatic carbocycles. The second kappa shape index (κ2) is 9.18. The van der Waals surface area contributed by atoms with Gasteiger partial charge in [-0.15, -0.1) is 10.2 Å². The van der Waals surface area contributed by atoms with E-state index in [4.69, 9.17) is 4.42 Å². The predicted molar refractivity (Wildman–Crippen MR) is 118 cm³/mol. The van der Waals surface area contributed by atoms with Gasteiger partial charge >= 0.3 is 0 Å². The average molecular weight is 437 g/mol. The van der Waals surface area contributed by atoms with Gasteiger partial charge in [0.15, 0.2) is 11.0 Å². The number of hydrogen-bond donors (Lipinski definition) is 1. The van der Waals surface area contributed by atoms with E-state index in [1.54, 1.807) is 6.26 Å². The fourth-order valence-corrected chi connectivity index (χ4v) is 4.33. The first-order chi connectivity index (χ1) is 15.1. The van der Waals surface area contributed by atoms with Crippen LogP contribution in [0.2, 0.25) is 0 Å². The van der Waals surface area contributed by atoms with E-state index < -0.39 is 5.25 Å². The highest BCUT2D eigenvalue weighted by molar-refractivity contribution is 8.00. The smallest absolute Gasteiger partial charge is 0.242 e. The lowest BCUT2D eigenvalue weighted by Crippen LogP contribution is -2.19. The molecule has 31 heavy (non-hydrogen) atoms. The number of carbonyl (C=O) groups excluding carboxylic acids is 1. The Balaban J connectivity index is 1.66. The molecular weight excluding hydrogens is 415 g/mol. The molecule has 0 fully saturated rings. The average Bonchev–Trinajstić information content (AvgIpc) is 3.39. The summed E-state index contributed by atoms with van der Waals surface area (Å²) in [5, 5.41) is 11.6. The van der Waals surface area contributed by atoms with Crippen LogP contribution in [0.3, 0.4) is 0 Å². The summed E-state index contributed by atoms with van der Waals surface area (Å²) in [4.78, 5) is 13.2. The lowest BCUT2D eigenvalue weighted by molar-refractivity contribution is -0.115. The van der Waals surface area contributed by atoms with Crippen LogP contribution in [0.15, 0.2) is 76.5 Å². The summed E-state index contributed by atoms with van der Waals surface area (Å²) in [7, 11) is 0. The molecule has 8 heteroatoms. The van der Waals surface area contributed by atoms with Gasteiger partial charge < -0.3 is 14.3 Å². The van der Waals surface area contributed by atoms with Crippen molar-refractivity contribution in [3.05, 3.63) is 84.1 Å². The van der Waals surface area contributed by atoms with Gasteiger partial charge in [0, 0.05) is 12.2 Å². The summed E-state index contributed by atoms with van der Waals surface area (Å²) in [6, 6.07) is 17.0. The molecule has 2 heterocycles. The Morgan fingerprint density at radius 1 is 1.13 bits per heavy atom. The second-order valence-corrected chi connectivity index (χ2v) is 7.92. The number of carbonyl (C=O) groups is 1. The van der Waals surface area contributed by atoms with E-state index in [-0.39, 0.29) is 11.7 Å². The molecule has 1 N–H and O–H groups in total. The van der Waals surface area contributed by atoms with Crippen molar-refractivity contribution < 1.29 is 13.6 Å². The molecule has 1 unspecified atom stereocenters.